The van der Waals surface area contributed by atoms with Crippen LogP contribution in [0, 0.1) is 0 Å². The molecule has 0 bridgehead atoms. The number of hydrogen-bond donors (Lipinski definition) is 1. The van der Waals surface area contributed by atoms with Crippen LogP contribution in [0.4, 0.5) is 5.13 Å². The summed E-state index contributed by atoms with van der Waals surface area (Å²) >= 11 is 3.17. The van der Waals surface area contributed by atoms with Crippen molar-refractivity contribution in [2.24, 2.45) is 0 Å². The molecule has 5 heteroatoms. The monoisotopic (exact) mass is 264 g/mol. The quantitative estimate of drug-likeness (QED) is 0.921. The lowest BCUT2D eigenvalue weighted by Crippen LogP contribution is -2.11. The Hall–Kier alpha value is -1.33. The highest BCUT2D eigenvalue weighted by atomic mass is 32.2. The summed E-state index contributed by atoms with van der Waals surface area (Å²) in [6.07, 6.45) is 3.73. The number of anilines is 1. The first kappa shape index (κ1) is 12.1. The Balaban J connectivity index is 2.04. The van der Waals surface area contributed by atoms with Gasteiger partial charge in [0.2, 0.25) is 0 Å². The molecular formula is C12H12N2OS2. The van der Waals surface area contributed by atoms with Gasteiger partial charge in [-0.1, -0.05) is 12.1 Å². The predicted octanol–water partition coefficient (Wildman–Crippen LogP) is 3.26. The van der Waals surface area contributed by atoms with E-state index >= 15 is 0 Å². The topological polar surface area (TPSA) is 42.0 Å². The molecule has 88 valence electrons. The lowest BCUT2D eigenvalue weighted by atomic mass is 10.1. The van der Waals surface area contributed by atoms with E-state index in [2.05, 4.69) is 16.6 Å². The lowest BCUT2D eigenvalue weighted by Gasteiger charge is -2.03. The zero-order chi connectivity index (χ0) is 12.1. The van der Waals surface area contributed by atoms with Crippen molar-refractivity contribution in [2.75, 3.05) is 11.6 Å². The van der Waals surface area contributed by atoms with Crippen molar-refractivity contribution in [1.82, 2.24) is 4.98 Å². The fourth-order valence-electron chi connectivity index (χ4n) is 1.37. The van der Waals surface area contributed by atoms with Gasteiger partial charge in [0, 0.05) is 22.9 Å². The van der Waals surface area contributed by atoms with E-state index in [0.29, 0.717) is 10.7 Å². The zero-order valence-electron chi connectivity index (χ0n) is 9.34. The summed E-state index contributed by atoms with van der Waals surface area (Å²) in [7, 11) is 0. The minimum atomic E-state index is -0.115. The summed E-state index contributed by atoms with van der Waals surface area (Å²) in [5.41, 5.74) is 1.88. The van der Waals surface area contributed by atoms with Crippen LogP contribution in [-0.4, -0.2) is 17.1 Å². The van der Waals surface area contributed by atoms with Crippen molar-refractivity contribution in [3.05, 3.63) is 47.0 Å². The summed E-state index contributed by atoms with van der Waals surface area (Å²) in [5, 5.41) is 5.21. The van der Waals surface area contributed by atoms with Gasteiger partial charge in [-0.25, -0.2) is 4.98 Å². The molecule has 1 heterocycles. The predicted molar refractivity (Wildman–Crippen MR) is 73.7 cm³/mol. The Morgan fingerprint density at radius 2 is 2.18 bits per heavy atom. The number of aromatic nitrogens is 1. The molecule has 1 aromatic carbocycles. The summed E-state index contributed by atoms with van der Waals surface area (Å²) in [5.74, 6) is 0.852. The Morgan fingerprint density at radius 3 is 2.76 bits per heavy atom. The second kappa shape index (κ2) is 5.84. The summed E-state index contributed by atoms with van der Waals surface area (Å²) < 4.78 is 0. The van der Waals surface area contributed by atoms with Crippen LogP contribution in [0.3, 0.4) is 0 Å². The first-order valence-electron chi connectivity index (χ1n) is 5.08. The van der Waals surface area contributed by atoms with Gasteiger partial charge in [0.05, 0.1) is 0 Å². The highest BCUT2D eigenvalue weighted by molar-refractivity contribution is 7.97. The fraction of sp³-hybridized carbons (Fsp3) is 0.167. The number of nitrogens with zero attached hydrogens (tertiary/aromatic N) is 1. The average molecular weight is 264 g/mol. The van der Waals surface area contributed by atoms with Crippen LogP contribution in [0.5, 0.6) is 0 Å². The van der Waals surface area contributed by atoms with Crippen molar-refractivity contribution in [1.29, 1.82) is 0 Å². The number of rotatable bonds is 4. The third kappa shape index (κ3) is 3.31. The molecule has 3 nitrogen and oxygen atoms in total. The first-order chi connectivity index (χ1) is 8.29. The zero-order valence-corrected chi connectivity index (χ0v) is 11.0. The van der Waals surface area contributed by atoms with E-state index in [1.807, 2.05) is 29.6 Å². The van der Waals surface area contributed by atoms with E-state index in [1.54, 1.807) is 18.0 Å². The summed E-state index contributed by atoms with van der Waals surface area (Å²) in [6, 6.07) is 7.64. The van der Waals surface area contributed by atoms with Gasteiger partial charge in [-0.2, -0.15) is 11.8 Å². The van der Waals surface area contributed by atoms with Gasteiger partial charge in [0.25, 0.3) is 5.91 Å². The first-order valence-corrected chi connectivity index (χ1v) is 7.35. The lowest BCUT2D eigenvalue weighted by molar-refractivity contribution is 0.102. The standard InChI is InChI=1S/C12H12N2OS2/c1-16-8-9-2-4-10(5-3-9)11(15)14-12-13-6-7-17-12/h2-7H,8H2,1H3,(H,13,14,15). The normalized spacial score (nSPS) is 10.2. The van der Waals surface area contributed by atoms with Crippen LogP contribution in [0.25, 0.3) is 0 Å². The molecule has 1 N–H and O–H groups in total. The second-order valence-electron chi connectivity index (χ2n) is 3.42. The molecule has 0 aliphatic carbocycles. The smallest absolute Gasteiger partial charge is 0.257 e. The molecule has 1 aromatic heterocycles. The summed E-state index contributed by atoms with van der Waals surface area (Å²) in [6.45, 7) is 0. The molecule has 0 aliphatic rings. The van der Waals surface area contributed by atoms with E-state index in [1.165, 1.54) is 16.9 Å². The van der Waals surface area contributed by atoms with Gasteiger partial charge in [0.15, 0.2) is 5.13 Å². The van der Waals surface area contributed by atoms with Crippen LogP contribution in [0.1, 0.15) is 15.9 Å². The number of carbonyl (C=O) groups is 1. The largest absolute Gasteiger partial charge is 0.298 e. The maximum Gasteiger partial charge on any atom is 0.257 e. The molecule has 2 aromatic rings. The molecule has 0 aliphatic heterocycles. The van der Waals surface area contributed by atoms with Crippen molar-refractivity contribution in [3.8, 4) is 0 Å². The van der Waals surface area contributed by atoms with E-state index in [4.69, 9.17) is 0 Å². The van der Waals surface area contributed by atoms with Crippen LogP contribution < -0.4 is 5.32 Å². The molecule has 1 amide bonds. The number of nitrogens with one attached hydrogen (secondary N) is 1. The van der Waals surface area contributed by atoms with Gasteiger partial charge >= 0.3 is 0 Å². The van der Waals surface area contributed by atoms with E-state index in [-0.39, 0.29) is 5.91 Å². The minimum absolute atomic E-state index is 0.115. The van der Waals surface area contributed by atoms with Gasteiger partial charge in [0.1, 0.15) is 0 Å². The van der Waals surface area contributed by atoms with E-state index in [9.17, 15) is 4.79 Å². The minimum Gasteiger partial charge on any atom is -0.298 e. The summed E-state index contributed by atoms with van der Waals surface area (Å²) in [4.78, 5) is 15.8. The molecule has 0 atom stereocenters. The number of carbonyl (C=O) groups excluding carboxylic acids is 1. The van der Waals surface area contributed by atoms with Crippen molar-refractivity contribution in [3.63, 3.8) is 0 Å². The van der Waals surface area contributed by atoms with Crippen LogP contribution >= 0.6 is 23.1 Å². The molecule has 0 fully saturated rings. The van der Waals surface area contributed by atoms with Crippen molar-refractivity contribution in [2.45, 2.75) is 5.75 Å². The molecule has 0 radical (unpaired) electrons. The van der Waals surface area contributed by atoms with Gasteiger partial charge in [-0.3, -0.25) is 10.1 Å². The third-order valence-corrected chi connectivity index (χ3v) is 3.49. The van der Waals surface area contributed by atoms with Crippen molar-refractivity contribution < 1.29 is 4.79 Å². The highest BCUT2D eigenvalue weighted by Gasteiger charge is 2.06. The molecule has 17 heavy (non-hydrogen) atoms. The molecular weight excluding hydrogens is 252 g/mol. The highest BCUT2D eigenvalue weighted by Crippen LogP contribution is 2.14. The number of thioether (sulfide) groups is 1. The third-order valence-electron chi connectivity index (χ3n) is 2.18. The van der Waals surface area contributed by atoms with Gasteiger partial charge < -0.3 is 0 Å². The molecule has 0 saturated heterocycles. The molecule has 0 unspecified atom stereocenters. The van der Waals surface area contributed by atoms with Crippen LogP contribution in [-0.2, 0) is 5.75 Å². The number of benzene rings is 1. The Kier molecular flexibility index (Phi) is 4.17. The van der Waals surface area contributed by atoms with E-state index < -0.39 is 0 Å². The Labute approximate surface area is 108 Å². The number of amides is 1. The Bertz CT molecular complexity index is 480. The fourth-order valence-corrected chi connectivity index (χ4v) is 2.42. The van der Waals surface area contributed by atoms with Crippen LogP contribution in [0.15, 0.2) is 35.8 Å². The second-order valence-corrected chi connectivity index (χ2v) is 5.18. The van der Waals surface area contributed by atoms with E-state index in [0.717, 1.165) is 5.75 Å². The molecule has 2 rings (SSSR count). The number of hydrogen-bond acceptors (Lipinski definition) is 4. The van der Waals surface area contributed by atoms with Gasteiger partial charge in [-0.05, 0) is 24.0 Å². The van der Waals surface area contributed by atoms with Gasteiger partial charge in [-0.15, -0.1) is 11.3 Å². The maximum absolute atomic E-state index is 11.8. The number of thiazole rings is 1. The van der Waals surface area contributed by atoms with Crippen LogP contribution in [0.2, 0.25) is 0 Å². The maximum atomic E-state index is 11.8. The Morgan fingerprint density at radius 1 is 1.41 bits per heavy atom. The SMILES string of the molecule is CSCc1ccc(C(=O)Nc2nccs2)cc1. The van der Waals surface area contributed by atoms with Crippen molar-refractivity contribution >= 4 is 34.1 Å². The molecule has 0 spiro atoms. The average Bonchev–Trinajstić information content (AvgIpc) is 2.83. The molecule has 0 saturated carbocycles.